The Morgan fingerprint density at radius 3 is 2.41 bits per heavy atom. The van der Waals surface area contributed by atoms with E-state index in [0.717, 1.165) is 31.2 Å². The third-order valence-corrected chi connectivity index (χ3v) is 3.27. The number of rotatable bonds is 7. The van der Waals surface area contributed by atoms with Crippen LogP contribution in [-0.2, 0) is 12.8 Å². The van der Waals surface area contributed by atoms with Crippen LogP contribution >= 0.6 is 0 Å². The summed E-state index contributed by atoms with van der Waals surface area (Å²) in [7, 11) is 0. The summed E-state index contributed by atoms with van der Waals surface area (Å²) in [4.78, 5) is 12.2. The lowest BCUT2D eigenvalue weighted by atomic mass is 9.95. The van der Waals surface area contributed by atoms with E-state index in [4.69, 9.17) is 0 Å². The third kappa shape index (κ3) is 3.99. The number of ketones is 1. The van der Waals surface area contributed by atoms with Gasteiger partial charge in [-0.3, -0.25) is 4.79 Å². The molecular weight excluding hydrogens is 208 g/mol. The van der Waals surface area contributed by atoms with Gasteiger partial charge in [-0.05, 0) is 36.5 Å². The van der Waals surface area contributed by atoms with Crippen LogP contribution < -0.4 is 0 Å². The highest BCUT2D eigenvalue weighted by Crippen LogP contribution is 2.17. The molecule has 0 atom stereocenters. The highest BCUT2D eigenvalue weighted by molar-refractivity contribution is 5.97. The van der Waals surface area contributed by atoms with Crippen LogP contribution in [0.2, 0.25) is 0 Å². The van der Waals surface area contributed by atoms with E-state index in [1.54, 1.807) is 0 Å². The second-order valence-electron chi connectivity index (χ2n) is 4.58. The van der Waals surface area contributed by atoms with Crippen molar-refractivity contribution in [2.45, 2.75) is 59.3 Å². The fourth-order valence-corrected chi connectivity index (χ4v) is 2.08. The van der Waals surface area contributed by atoms with Crippen molar-refractivity contribution < 1.29 is 4.79 Å². The summed E-state index contributed by atoms with van der Waals surface area (Å²) < 4.78 is 0. The summed E-state index contributed by atoms with van der Waals surface area (Å²) in [5.74, 6) is 0.325. The lowest BCUT2D eigenvalue weighted by molar-refractivity contribution is 0.0978. The van der Waals surface area contributed by atoms with E-state index in [1.165, 1.54) is 17.5 Å². The van der Waals surface area contributed by atoms with E-state index < -0.39 is 0 Å². The van der Waals surface area contributed by atoms with Crippen molar-refractivity contribution in [2.24, 2.45) is 0 Å². The predicted octanol–water partition coefficient (Wildman–Crippen LogP) is 4.57. The zero-order valence-electron chi connectivity index (χ0n) is 11.4. The molecule has 0 unspecified atom stereocenters. The Labute approximate surface area is 105 Å². The molecule has 1 aromatic carbocycles. The van der Waals surface area contributed by atoms with Crippen molar-refractivity contribution in [3.8, 4) is 0 Å². The minimum Gasteiger partial charge on any atom is -0.294 e. The van der Waals surface area contributed by atoms with E-state index in [0.29, 0.717) is 12.2 Å². The predicted molar refractivity (Wildman–Crippen MR) is 73.7 cm³/mol. The summed E-state index contributed by atoms with van der Waals surface area (Å²) in [5.41, 5.74) is 3.42. The van der Waals surface area contributed by atoms with Gasteiger partial charge in [0.05, 0.1) is 0 Å². The first-order chi connectivity index (χ1) is 8.22. The molecule has 1 rings (SSSR count). The Balaban J connectivity index is 2.82. The molecule has 1 heteroatoms. The topological polar surface area (TPSA) is 17.1 Å². The standard InChI is InChI=1S/C16H24O/c1-4-7-8-9-16(17)15-12-13(5-2)10-11-14(15)6-3/h10-12H,4-9H2,1-3H3. The highest BCUT2D eigenvalue weighted by atomic mass is 16.1. The SMILES string of the molecule is CCCCCC(=O)c1cc(CC)ccc1CC. The number of carbonyl (C=O) groups is 1. The summed E-state index contributed by atoms with van der Waals surface area (Å²) in [6, 6.07) is 6.35. The first-order valence-electron chi connectivity index (χ1n) is 6.87. The Kier molecular flexibility index (Phi) is 5.96. The zero-order chi connectivity index (χ0) is 12.7. The molecule has 0 fully saturated rings. The Morgan fingerprint density at radius 2 is 1.82 bits per heavy atom. The van der Waals surface area contributed by atoms with Gasteiger partial charge in [-0.15, -0.1) is 0 Å². The van der Waals surface area contributed by atoms with Crippen LogP contribution in [0.15, 0.2) is 18.2 Å². The number of hydrogen-bond donors (Lipinski definition) is 0. The molecule has 0 spiro atoms. The lowest BCUT2D eigenvalue weighted by Gasteiger charge is -2.09. The van der Waals surface area contributed by atoms with Gasteiger partial charge in [0.15, 0.2) is 5.78 Å². The Bertz CT molecular complexity index is 366. The van der Waals surface area contributed by atoms with Gasteiger partial charge in [0.25, 0.3) is 0 Å². The van der Waals surface area contributed by atoms with Gasteiger partial charge in [-0.1, -0.05) is 45.7 Å². The minimum absolute atomic E-state index is 0.325. The molecule has 1 nitrogen and oxygen atoms in total. The van der Waals surface area contributed by atoms with Gasteiger partial charge in [-0.25, -0.2) is 0 Å². The van der Waals surface area contributed by atoms with Gasteiger partial charge >= 0.3 is 0 Å². The Hall–Kier alpha value is -1.11. The second-order valence-corrected chi connectivity index (χ2v) is 4.58. The summed E-state index contributed by atoms with van der Waals surface area (Å²) in [6.07, 6.45) is 5.99. The van der Waals surface area contributed by atoms with Crippen LogP contribution in [0.5, 0.6) is 0 Å². The average molecular weight is 232 g/mol. The maximum atomic E-state index is 12.2. The molecule has 0 aliphatic carbocycles. The number of unbranched alkanes of at least 4 members (excludes halogenated alkanes) is 2. The van der Waals surface area contributed by atoms with E-state index >= 15 is 0 Å². The normalized spacial score (nSPS) is 10.5. The van der Waals surface area contributed by atoms with Gasteiger partial charge < -0.3 is 0 Å². The molecule has 0 bridgehead atoms. The van der Waals surface area contributed by atoms with Crippen molar-refractivity contribution in [3.05, 3.63) is 34.9 Å². The van der Waals surface area contributed by atoms with Gasteiger partial charge in [0, 0.05) is 12.0 Å². The number of hydrogen-bond acceptors (Lipinski definition) is 1. The molecule has 0 aromatic heterocycles. The second kappa shape index (κ2) is 7.26. The molecule has 0 heterocycles. The van der Waals surface area contributed by atoms with Crippen LogP contribution in [0, 0.1) is 0 Å². The van der Waals surface area contributed by atoms with Crippen molar-refractivity contribution in [1.82, 2.24) is 0 Å². The number of carbonyl (C=O) groups excluding carboxylic acids is 1. The lowest BCUT2D eigenvalue weighted by Crippen LogP contribution is -2.04. The molecule has 0 aliphatic rings. The van der Waals surface area contributed by atoms with Crippen molar-refractivity contribution in [1.29, 1.82) is 0 Å². The van der Waals surface area contributed by atoms with Crippen LogP contribution in [0.1, 0.15) is 67.9 Å². The Morgan fingerprint density at radius 1 is 1.06 bits per heavy atom. The minimum atomic E-state index is 0.325. The van der Waals surface area contributed by atoms with Crippen molar-refractivity contribution >= 4 is 5.78 Å². The van der Waals surface area contributed by atoms with E-state index in [-0.39, 0.29) is 0 Å². The summed E-state index contributed by atoms with van der Waals surface area (Å²) in [5, 5.41) is 0. The number of benzene rings is 1. The molecule has 1 aromatic rings. The van der Waals surface area contributed by atoms with Crippen LogP contribution in [0.3, 0.4) is 0 Å². The first-order valence-corrected chi connectivity index (χ1v) is 6.87. The molecule has 94 valence electrons. The van der Waals surface area contributed by atoms with Gasteiger partial charge in [0.1, 0.15) is 0 Å². The quantitative estimate of drug-likeness (QED) is 0.497. The van der Waals surface area contributed by atoms with Crippen molar-refractivity contribution in [2.75, 3.05) is 0 Å². The maximum absolute atomic E-state index is 12.2. The monoisotopic (exact) mass is 232 g/mol. The van der Waals surface area contributed by atoms with Crippen LogP contribution in [0.4, 0.5) is 0 Å². The molecule has 17 heavy (non-hydrogen) atoms. The number of Topliss-reactive ketones (excluding diaryl/α,β-unsaturated/α-hetero) is 1. The first kappa shape index (κ1) is 14.0. The van der Waals surface area contributed by atoms with E-state index in [2.05, 4.69) is 39.0 Å². The molecule has 0 amide bonds. The summed E-state index contributed by atoms with van der Waals surface area (Å²) >= 11 is 0. The largest absolute Gasteiger partial charge is 0.294 e. The highest BCUT2D eigenvalue weighted by Gasteiger charge is 2.10. The van der Waals surface area contributed by atoms with E-state index in [9.17, 15) is 4.79 Å². The molecule has 0 N–H and O–H groups in total. The smallest absolute Gasteiger partial charge is 0.163 e. The number of aryl methyl sites for hydroxylation is 2. The molecular formula is C16H24O. The molecule has 0 saturated heterocycles. The summed E-state index contributed by atoms with van der Waals surface area (Å²) in [6.45, 7) is 6.41. The maximum Gasteiger partial charge on any atom is 0.163 e. The van der Waals surface area contributed by atoms with Gasteiger partial charge in [0.2, 0.25) is 0 Å². The van der Waals surface area contributed by atoms with Crippen LogP contribution in [0.25, 0.3) is 0 Å². The zero-order valence-corrected chi connectivity index (χ0v) is 11.4. The van der Waals surface area contributed by atoms with E-state index in [1.807, 2.05) is 0 Å². The molecule has 0 radical (unpaired) electrons. The average Bonchev–Trinajstić information content (AvgIpc) is 2.38. The van der Waals surface area contributed by atoms with Crippen LogP contribution in [-0.4, -0.2) is 5.78 Å². The molecule has 0 saturated carbocycles. The van der Waals surface area contributed by atoms with Crippen molar-refractivity contribution in [3.63, 3.8) is 0 Å². The van der Waals surface area contributed by atoms with Gasteiger partial charge in [-0.2, -0.15) is 0 Å². The fraction of sp³-hybridized carbons (Fsp3) is 0.562. The fourth-order valence-electron chi connectivity index (χ4n) is 2.08. The third-order valence-electron chi connectivity index (χ3n) is 3.27. The molecule has 0 aliphatic heterocycles.